The molecule has 3 rings (SSSR count). The minimum absolute atomic E-state index is 0. The van der Waals surface area contributed by atoms with Gasteiger partial charge in [-0.05, 0) is 11.9 Å². The van der Waals surface area contributed by atoms with Crippen molar-refractivity contribution < 1.29 is 150 Å². The van der Waals surface area contributed by atoms with Gasteiger partial charge in [-0.15, -0.1) is 0 Å². The van der Waals surface area contributed by atoms with Crippen LogP contribution in [0.1, 0.15) is 6.23 Å². The summed E-state index contributed by atoms with van der Waals surface area (Å²) in [5.74, 6) is -3.78. The molecule has 11 atom stereocenters. The van der Waals surface area contributed by atoms with Crippen LogP contribution < -0.4 is 75.0 Å². The van der Waals surface area contributed by atoms with Crippen LogP contribution in [0.4, 0.5) is 13.2 Å². The van der Waals surface area contributed by atoms with Gasteiger partial charge in [0.05, 0.1) is 19.1 Å². The van der Waals surface area contributed by atoms with Gasteiger partial charge in [-0.1, -0.05) is 0 Å². The number of hydrogen-bond acceptors (Lipinski definition) is 17. The summed E-state index contributed by atoms with van der Waals surface area (Å²) >= 11 is 0. The van der Waals surface area contributed by atoms with Crippen LogP contribution in [-0.2, 0) is 32.0 Å². The summed E-state index contributed by atoms with van der Waals surface area (Å²) in [6, 6.07) is -1.76. The summed E-state index contributed by atoms with van der Waals surface area (Å²) < 4.78 is 86.1. The molecule has 44 heavy (non-hydrogen) atoms. The number of aromatic nitrogens is 2. The predicted octanol–water partition coefficient (Wildman–Crippen LogP) is -10.7. The van der Waals surface area contributed by atoms with Crippen LogP contribution in [0.3, 0.4) is 0 Å². The molecule has 0 aliphatic carbocycles. The summed E-state index contributed by atoms with van der Waals surface area (Å²) in [6.45, 7) is -2.32. The van der Waals surface area contributed by atoms with Crippen LogP contribution in [0.5, 0.6) is 5.88 Å². The molecule has 2 unspecified atom stereocenters. The smallest absolute Gasteiger partial charge is 0.858 e. The Balaban J connectivity index is 0.00000484. The Morgan fingerprint density at radius 3 is 2.18 bits per heavy atom. The van der Waals surface area contributed by atoms with Gasteiger partial charge in [0.15, 0.2) is 12.5 Å². The van der Waals surface area contributed by atoms with Crippen LogP contribution in [0.25, 0.3) is 0 Å². The molecule has 7 N–H and O–H groups in total. The fraction of sp³-hybridized carbons (Fsp3) is 0.706. The van der Waals surface area contributed by atoms with E-state index in [1.165, 1.54) is 0 Å². The first-order valence-corrected chi connectivity index (χ1v) is 14.2. The number of aliphatic hydroxyl groups excluding tert-OH is 5. The summed E-state index contributed by atoms with van der Waals surface area (Å²) in [5.41, 5.74) is -1.19. The maximum absolute atomic E-state index is 12.7. The van der Waals surface area contributed by atoms with Crippen molar-refractivity contribution >= 4 is 21.5 Å². The minimum atomic E-state index is -5.97. The van der Waals surface area contributed by atoms with Gasteiger partial charge in [0, 0.05) is 6.20 Å². The van der Waals surface area contributed by atoms with Crippen molar-refractivity contribution in [1.82, 2.24) is 9.55 Å². The third-order valence-electron chi connectivity index (χ3n) is 5.62. The molecular weight excluding hydrogens is 683 g/mol. The zero-order chi connectivity index (χ0) is 31.8. The maximum Gasteiger partial charge on any atom is 1.00 e. The van der Waals surface area contributed by atoms with E-state index >= 15 is 0 Å². The summed E-state index contributed by atoms with van der Waals surface area (Å²) in [7, 11) is -11.7. The Labute approximate surface area is 287 Å². The number of phosphoric ester groups is 2. The van der Waals surface area contributed by atoms with Crippen molar-refractivity contribution in [3.05, 3.63) is 22.7 Å². The van der Waals surface area contributed by atoms with E-state index < -0.39 is 108 Å². The van der Waals surface area contributed by atoms with E-state index in [4.69, 9.17) is 9.47 Å². The van der Waals surface area contributed by atoms with E-state index in [9.17, 15) is 72.6 Å². The van der Waals surface area contributed by atoms with E-state index in [2.05, 4.69) is 23.3 Å². The Kier molecular flexibility index (Phi) is 15.6. The van der Waals surface area contributed by atoms with E-state index in [1.54, 1.807) is 0 Å². The second kappa shape index (κ2) is 16.3. The van der Waals surface area contributed by atoms with Crippen LogP contribution in [-0.4, -0.2) is 119 Å². The molecule has 0 bridgehead atoms. The molecule has 0 amide bonds. The summed E-state index contributed by atoms with van der Waals surface area (Å²) in [5, 5.41) is 71.9. The van der Waals surface area contributed by atoms with Gasteiger partial charge >= 0.3 is 86.6 Å². The third-order valence-corrected chi connectivity index (χ3v) is 8.22. The largest absolute Gasteiger partial charge is 1.00 e. The topological polar surface area (TPSA) is 315 Å². The van der Waals surface area contributed by atoms with Crippen LogP contribution in [0.2, 0.25) is 0 Å². The van der Waals surface area contributed by atoms with Crippen molar-refractivity contribution in [2.24, 2.45) is 4.99 Å². The predicted molar refractivity (Wildman–Crippen MR) is 117 cm³/mol. The van der Waals surface area contributed by atoms with Gasteiger partial charge in [-0.2, -0.15) is 17.5 Å². The number of alkyl halides is 3. The fourth-order valence-electron chi connectivity index (χ4n) is 3.66. The molecule has 2 saturated heterocycles. The first-order valence-electron chi connectivity index (χ1n) is 11.2. The molecule has 2 aliphatic rings. The Morgan fingerprint density at radius 2 is 1.64 bits per heavy atom. The molecule has 0 saturated carbocycles. The molecular formula is C17H22F3N3Na2O17P2. The summed E-state index contributed by atoms with van der Waals surface area (Å²) in [4.78, 5) is 37.3. The number of hydrogen-bond donors (Lipinski definition) is 7. The number of halogens is 3. The average molecular weight is 705 g/mol. The number of aliphatic hydroxyl groups is 5. The molecule has 2 fully saturated rings. The second-order valence-electron chi connectivity index (χ2n) is 8.55. The fourth-order valence-corrected chi connectivity index (χ4v) is 5.82. The van der Waals surface area contributed by atoms with Gasteiger partial charge in [0.25, 0.3) is 0 Å². The van der Waals surface area contributed by atoms with Crippen LogP contribution in [0.15, 0.2) is 22.1 Å². The molecule has 27 heteroatoms. The van der Waals surface area contributed by atoms with E-state index in [0.717, 1.165) is 12.3 Å². The van der Waals surface area contributed by atoms with Crippen LogP contribution in [0, 0.1) is 0 Å². The summed E-state index contributed by atoms with van der Waals surface area (Å²) in [6.07, 6.45) is -21.1. The molecule has 0 radical (unpaired) electrons. The molecule has 20 nitrogen and oxygen atoms in total. The first-order chi connectivity index (χ1) is 19.3. The van der Waals surface area contributed by atoms with E-state index in [1.807, 2.05) is 0 Å². The molecule has 0 spiro atoms. The van der Waals surface area contributed by atoms with E-state index in [-0.39, 0.29) is 59.1 Å². The Bertz CT molecular complexity index is 1310. The second-order valence-corrected chi connectivity index (χ2v) is 11.5. The van der Waals surface area contributed by atoms with Crippen molar-refractivity contribution in [2.45, 2.75) is 61.4 Å². The number of aliphatic imine (C=N–C) groups is 1. The van der Waals surface area contributed by atoms with Crippen molar-refractivity contribution in [1.29, 1.82) is 0 Å². The Hall–Kier alpha value is -0.0800. The van der Waals surface area contributed by atoms with Gasteiger partial charge in [0.2, 0.25) is 0 Å². The molecule has 2 aliphatic heterocycles. The number of phosphoric acid groups is 2. The van der Waals surface area contributed by atoms with Gasteiger partial charge in [-0.3, -0.25) is 18.6 Å². The van der Waals surface area contributed by atoms with Crippen LogP contribution >= 0.6 is 15.6 Å². The standard InChI is InChI=1S/C17H24F3N3O17P2.2Na/c18-17(19,20)15(30)22-8-11(28)9(26)5(3-24)38-14(8)39-42(34,35)40-41(32,33)36-4-6-10(27)12(29)13(37-6)23-2-1-7(25)21-16(23)31;;/h1-2,5-6,8-14,24,26-29H,3-4H2,(H,22,30)(H,32,33)(H,34,35)(H,21,25,31);;/q;2*+1/p-2/t5-,6-,8-,9-,10-,11-,12-,13-,14-;;/m1../s1. The Morgan fingerprint density at radius 1 is 1.05 bits per heavy atom. The number of nitrogens with zero attached hydrogens (tertiary/aromatic N) is 3. The normalized spacial score (nSPS) is 33.9. The zero-order valence-electron chi connectivity index (χ0n) is 22.3. The zero-order valence-corrected chi connectivity index (χ0v) is 28.1. The van der Waals surface area contributed by atoms with E-state index in [0.29, 0.717) is 4.57 Å². The SMILES string of the molecule is O=c1nc([O-])ccn1[C@@H]1O[C@H](COP(=O)(O)OP(=O)(O)O[C@H]2O[C@H](CO)[C@@H](O)[C@H](O)[C@H]2N=C([O-])C(F)(F)F)[C@@H](O)[C@H]1O.[Na+].[Na+]. The third kappa shape index (κ3) is 10.5. The minimum Gasteiger partial charge on any atom is -0.858 e. The van der Waals surface area contributed by atoms with Gasteiger partial charge in [-0.25, -0.2) is 18.9 Å². The molecule has 3 heterocycles. The van der Waals surface area contributed by atoms with Crippen molar-refractivity contribution in [2.75, 3.05) is 13.2 Å². The maximum atomic E-state index is 12.7. The quantitative estimate of drug-likeness (QED) is 0.0514. The average Bonchev–Trinajstić information content (AvgIpc) is 3.14. The molecule has 1 aromatic heterocycles. The van der Waals surface area contributed by atoms with Crippen molar-refractivity contribution in [3.8, 4) is 5.88 Å². The monoisotopic (exact) mass is 705 g/mol. The number of rotatable bonds is 10. The molecule has 0 aromatic carbocycles. The van der Waals surface area contributed by atoms with Crippen molar-refractivity contribution in [3.63, 3.8) is 0 Å². The number of ether oxygens (including phenoxy) is 2. The van der Waals surface area contributed by atoms with Gasteiger partial charge in [0.1, 0.15) is 42.7 Å². The molecule has 240 valence electrons. The first kappa shape index (κ1) is 41.9. The molecule has 1 aromatic rings. The van der Waals surface area contributed by atoms with Gasteiger partial charge < -0.3 is 55.0 Å².